The monoisotopic (exact) mass is 212 g/mol. The zero-order valence-corrected chi connectivity index (χ0v) is 9.21. The van der Waals surface area contributed by atoms with Gasteiger partial charge in [0.05, 0.1) is 13.2 Å². The standard InChI is InChI=1S/C11H20N2O2/c12-11(5-2-1-3-6-11)9-10(14)13-7-4-8-15-13/h1-9,12H2. The van der Waals surface area contributed by atoms with Gasteiger partial charge in [-0.25, -0.2) is 5.06 Å². The van der Waals surface area contributed by atoms with Gasteiger partial charge < -0.3 is 5.73 Å². The predicted molar refractivity (Wildman–Crippen MR) is 56.9 cm³/mol. The summed E-state index contributed by atoms with van der Waals surface area (Å²) in [5, 5.41) is 1.49. The van der Waals surface area contributed by atoms with E-state index in [1.54, 1.807) is 0 Å². The van der Waals surface area contributed by atoms with Crippen LogP contribution in [0.25, 0.3) is 0 Å². The first kappa shape index (κ1) is 10.9. The fraction of sp³-hybridized carbons (Fsp3) is 0.909. The zero-order valence-electron chi connectivity index (χ0n) is 9.21. The van der Waals surface area contributed by atoms with Gasteiger partial charge in [-0.15, -0.1) is 0 Å². The van der Waals surface area contributed by atoms with Crippen LogP contribution in [0.4, 0.5) is 0 Å². The summed E-state index contributed by atoms with van der Waals surface area (Å²) in [5.41, 5.74) is 5.96. The molecule has 0 atom stereocenters. The van der Waals surface area contributed by atoms with Crippen molar-refractivity contribution in [1.82, 2.24) is 5.06 Å². The Labute approximate surface area is 90.7 Å². The molecule has 4 nitrogen and oxygen atoms in total. The first-order valence-corrected chi connectivity index (χ1v) is 5.92. The van der Waals surface area contributed by atoms with E-state index in [1.807, 2.05) is 0 Å². The van der Waals surface area contributed by atoms with Crippen molar-refractivity contribution in [2.45, 2.75) is 50.5 Å². The average molecular weight is 212 g/mol. The summed E-state index contributed by atoms with van der Waals surface area (Å²) < 4.78 is 0. The Morgan fingerprint density at radius 2 is 2.00 bits per heavy atom. The molecule has 1 aliphatic heterocycles. The lowest BCUT2D eigenvalue weighted by atomic mass is 9.80. The van der Waals surface area contributed by atoms with E-state index in [0.29, 0.717) is 13.0 Å². The fourth-order valence-corrected chi connectivity index (χ4v) is 2.47. The summed E-state index contributed by atoms with van der Waals surface area (Å²) >= 11 is 0. The van der Waals surface area contributed by atoms with E-state index >= 15 is 0 Å². The Hall–Kier alpha value is -0.610. The molecule has 0 bridgehead atoms. The third-order valence-electron chi connectivity index (χ3n) is 3.38. The van der Waals surface area contributed by atoms with Crippen LogP contribution in [0.2, 0.25) is 0 Å². The number of carbonyl (C=O) groups excluding carboxylic acids is 1. The van der Waals surface area contributed by atoms with Gasteiger partial charge in [0.25, 0.3) is 0 Å². The average Bonchev–Trinajstić information content (AvgIpc) is 2.70. The van der Waals surface area contributed by atoms with E-state index in [4.69, 9.17) is 10.6 Å². The van der Waals surface area contributed by atoms with Crippen molar-refractivity contribution in [3.63, 3.8) is 0 Å². The molecule has 0 radical (unpaired) electrons. The van der Waals surface area contributed by atoms with Crippen LogP contribution in [0.3, 0.4) is 0 Å². The number of carbonyl (C=O) groups is 1. The van der Waals surface area contributed by atoms with Gasteiger partial charge in [-0.1, -0.05) is 19.3 Å². The molecule has 0 spiro atoms. The molecular weight excluding hydrogens is 192 g/mol. The third kappa shape index (κ3) is 2.69. The number of rotatable bonds is 2. The van der Waals surface area contributed by atoms with E-state index in [1.165, 1.54) is 11.5 Å². The Balaban J connectivity index is 1.86. The van der Waals surface area contributed by atoms with Crippen LogP contribution in [0.5, 0.6) is 0 Å². The third-order valence-corrected chi connectivity index (χ3v) is 3.38. The van der Waals surface area contributed by atoms with E-state index < -0.39 is 0 Å². The number of nitrogens with two attached hydrogens (primary N) is 1. The minimum Gasteiger partial charge on any atom is -0.325 e. The van der Waals surface area contributed by atoms with Gasteiger partial charge in [0.1, 0.15) is 0 Å². The topological polar surface area (TPSA) is 55.6 Å². The Kier molecular flexibility index (Phi) is 3.26. The lowest BCUT2D eigenvalue weighted by Crippen LogP contribution is -2.46. The Morgan fingerprint density at radius 1 is 1.27 bits per heavy atom. The van der Waals surface area contributed by atoms with Gasteiger partial charge >= 0.3 is 0 Å². The molecule has 0 aromatic heterocycles. The minimum absolute atomic E-state index is 0.0666. The van der Waals surface area contributed by atoms with Crippen LogP contribution < -0.4 is 5.73 Å². The van der Waals surface area contributed by atoms with Gasteiger partial charge in [0.2, 0.25) is 5.91 Å². The molecule has 4 heteroatoms. The minimum atomic E-state index is -0.263. The van der Waals surface area contributed by atoms with Crippen LogP contribution in [-0.4, -0.2) is 29.7 Å². The van der Waals surface area contributed by atoms with Gasteiger partial charge in [-0.3, -0.25) is 9.63 Å². The molecule has 1 heterocycles. The molecule has 2 rings (SSSR count). The van der Waals surface area contributed by atoms with Crippen LogP contribution in [0, 0.1) is 0 Å². The SMILES string of the molecule is NC1(CC(=O)N2CCCO2)CCCCC1. The molecule has 86 valence electrons. The van der Waals surface area contributed by atoms with Gasteiger partial charge in [-0.2, -0.15) is 0 Å². The van der Waals surface area contributed by atoms with Crippen LogP contribution in [0.15, 0.2) is 0 Å². The molecular formula is C11H20N2O2. The zero-order chi connectivity index (χ0) is 10.7. The van der Waals surface area contributed by atoms with Crippen molar-refractivity contribution in [3.8, 4) is 0 Å². The summed E-state index contributed by atoms with van der Waals surface area (Å²) in [6.45, 7) is 1.40. The summed E-state index contributed by atoms with van der Waals surface area (Å²) in [6.07, 6.45) is 6.93. The number of hydrogen-bond donors (Lipinski definition) is 1. The number of hydroxylamine groups is 2. The van der Waals surface area contributed by atoms with Gasteiger partial charge in [0.15, 0.2) is 0 Å². The van der Waals surface area contributed by atoms with Gasteiger partial charge in [0, 0.05) is 12.0 Å². The fourth-order valence-electron chi connectivity index (χ4n) is 2.47. The molecule has 1 amide bonds. The maximum absolute atomic E-state index is 11.8. The summed E-state index contributed by atoms with van der Waals surface area (Å²) in [7, 11) is 0. The van der Waals surface area contributed by atoms with Crippen molar-refractivity contribution in [2.75, 3.05) is 13.2 Å². The van der Waals surface area contributed by atoms with Crippen molar-refractivity contribution < 1.29 is 9.63 Å². The lowest BCUT2D eigenvalue weighted by molar-refractivity contribution is -0.170. The number of amides is 1. The largest absolute Gasteiger partial charge is 0.325 e. The van der Waals surface area contributed by atoms with E-state index in [-0.39, 0.29) is 11.4 Å². The van der Waals surface area contributed by atoms with Crippen molar-refractivity contribution in [3.05, 3.63) is 0 Å². The van der Waals surface area contributed by atoms with Crippen LogP contribution in [-0.2, 0) is 9.63 Å². The quantitative estimate of drug-likeness (QED) is 0.748. The number of nitrogens with zero attached hydrogens (tertiary/aromatic N) is 1. The summed E-state index contributed by atoms with van der Waals surface area (Å²) in [5.74, 6) is 0.0666. The second-order valence-electron chi connectivity index (χ2n) is 4.78. The van der Waals surface area contributed by atoms with Gasteiger partial charge in [-0.05, 0) is 19.3 Å². The lowest BCUT2D eigenvalue weighted by Gasteiger charge is -2.33. The highest BCUT2D eigenvalue weighted by Crippen LogP contribution is 2.29. The summed E-state index contributed by atoms with van der Waals surface area (Å²) in [4.78, 5) is 17.1. The highest BCUT2D eigenvalue weighted by Gasteiger charge is 2.32. The molecule has 2 N–H and O–H groups in total. The molecule has 2 aliphatic rings. The first-order chi connectivity index (χ1) is 7.20. The van der Waals surface area contributed by atoms with Crippen LogP contribution in [0.1, 0.15) is 44.9 Å². The van der Waals surface area contributed by atoms with Crippen molar-refractivity contribution in [1.29, 1.82) is 0 Å². The Bertz CT molecular complexity index is 231. The first-order valence-electron chi connectivity index (χ1n) is 5.92. The molecule has 0 aromatic rings. The maximum Gasteiger partial charge on any atom is 0.247 e. The molecule has 1 saturated carbocycles. The second-order valence-corrected chi connectivity index (χ2v) is 4.78. The van der Waals surface area contributed by atoms with Crippen LogP contribution >= 0.6 is 0 Å². The number of hydrogen-bond acceptors (Lipinski definition) is 3. The Morgan fingerprint density at radius 3 is 2.60 bits per heavy atom. The van der Waals surface area contributed by atoms with E-state index in [0.717, 1.165) is 38.6 Å². The van der Waals surface area contributed by atoms with E-state index in [2.05, 4.69) is 0 Å². The predicted octanol–water partition coefficient (Wildman–Crippen LogP) is 1.20. The molecule has 2 fully saturated rings. The second kappa shape index (κ2) is 4.49. The molecule has 0 aromatic carbocycles. The summed E-state index contributed by atoms with van der Waals surface area (Å²) in [6, 6.07) is 0. The molecule has 0 unspecified atom stereocenters. The highest BCUT2D eigenvalue weighted by atomic mass is 16.7. The molecule has 15 heavy (non-hydrogen) atoms. The highest BCUT2D eigenvalue weighted by molar-refractivity contribution is 5.76. The van der Waals surface area contributed by atoms with Crippen molar-refractivity contribution in [2.24, 2.45) is 5.73 Å². The smallest absolute Gasteiger partial charge is 0.247 e. The molecule has 1 saturated heterocycles. The normalized spacial score (nSPS) is 25.5. The maximum atomic E-state index is 11.8. The van der Waals surface area contributed by atoms with Crippen molar-refractivity contribution >= 4 is 5.91 Å². The van der Waals surface area contributed by atoms with E-state index in [9.17, 15) is 4.79 Å². The molecule has 1 aliphatic carbocycles.